The molecule has 4 nitrogen and oxygen atoms in total. The molecule has 0 aromatic heterocycles. The monoisotopic (exact) mass is 289 g/mol. The first-order valence-corrected chi connectivity index (χ1v) is 6.45. The summed E-state index contributed by atoms with van der Waals surface area (Å²) < 4.78 is 18.6. The third-order valence-corrected chi connectivity index (χ3v) is 3.31. The number of carboxylic acids is 1. The van der Waals surface area contributed by atoms with E-state index < -0.39 is 17.3 Å². The second kappa shape index (κ2) is 6.37. The standard InChI is InChI=1S/C16H16FNO3/c1-18-16(15(19)20,12-6-3-2-4-7-12)11-21-14-9-5-8-13(17)10-14/h2-10,18H,11H2,1H3,(H,19,20). The van der Waals surface area contributed by atoms with Gasteiger partial charge in [0.15, 0.2) is 5.54 Å². The molecule has 0 saturated heterocycles. The largest absolute Gasteiger partial charge is 0.491 e. The number of carbonyl (C=O) groups is 1. The van der Waals surface area contributed by atoms with Crippen molar-refractivity contribution in [2.24, 2.45) is 0 Å². The molecule has 0 heterocycles. The summed E-state index contributed by atoms with van der Waals surface area (Å²) >= 11 is 0. The minimum atomic E-state index is -1.40. The van der Waals surface area contributed by atoms with Gasteiger partial charge in [-0.1, -0.05) is 36.4 Å². The second-order valence-corrected chi connectivity index (χ2v) is 4.57. The zero-order valence-electron chi connectivity index (χ0n) is 11.5. The molecule has 0 bridgehead atoms. The maximum Gasteiger partial charge on any atom is 0.332 e. The second-order valence-electron chi connectivity index (χ2n) is 4.57. The van der Waals surface area contributed by atoms with Crippen molar-refractivity contribution < 1.29 is 19.0 Å². The number of nitrogens with one attached hydrogen (secondary N) is 1. The molecule has 0 fully saturated rings. The van der Waals surface area contributed by atoms with Crippen LogP contribution >= 0.6 is 0 Å². The summed E-state index contributed by atoms with van der Waals surface area (Å²) in [5.74, 6) is -1.21. The molecule has 0 aliphatic heterocycles. The lowest BCUT2D eigenvalue weighted by Gasteiger charge is -2.29. The Kier molecular flexibility index (Phi) is 4.55. The first kappa shape index (κ1) is 15.0. The van der Waals surface area contributed by atoms with Crippen molar-refractivity contribution in [3.8, 4) is 5.75 Å². The Morgan fingerprint density at radius 2 is 1.95 bits per heavy atom. The van der Waals surface area contributed by atoms with Gasteiger partial charge >= 0.3 is 5.97 Å². The van der Waals surface area contributed by atoms with E-state index in [1.54, 1.807) is 43.4 Å². The SMILES string of the molecule is CNC(COc1cccc(F)c1)(C(=O)O)c1ccccc1. The lowest BCUT2D eigenvalue weighted by atomic mass is 9.91. The fourth-order valence-electron chi connectivity index (χ4n) is 2.06. The zero-order chi connectivity index (χ0) is 15.3. The summed E-state index contributed by atoms with van der Waals surface area (Å²) in [5, 5.41) is 12.4. The molecule has 1 atom stereocenters. The van der Waals surface area contributed by atoms with Crippen LogP contribution in [0, 0.1) is 5.82 Å². The Morgan fingerprint density at radius 3 is 2.52 bits per heavy atom. The molecule has 0 aliphatic carbocycles. The van der Waals surface area contributed by atoms with Gasteiger partial charge < -0.3 is 9.84 Å². The Morgan fingerprint density at radius 1 is 1.24 bits per heavy atom. The summed E-state index contributed by atoms with van der Waals surface area (Å²) in [6.07, 6.45) is 0. The normalized spacial score (nSPS) is 13.4. The predicted molar refractivity (Wildman–Crippen MR) is 76.7 cm³/mol. The van der Waals surface area contributed by atoms with Crippen molar-refractivity contribution in [3.05, 3.63) is 66.0 Å². The van der Waals surface area contributed by atoms with Gasteiger partial charge in [-0.2, -0.15) is 0 Å². The first-order valence-electron chi connectivity index (χ1n) is 6.45. The van der Waals surface area contributed by atoms with Gasteiger partial charge in [0.05, 0.1) is 0 Å². The molecule has 2 aromatic rings. The summed E-state index contributed by atoms with van der Waals surface area (Å²) in [4.78, 5) is 11.7. The molecule has 2 aromatic carbocycles. The number of likely N-dealkylation sites (N-methyl/N-ethyl adjacent to an activating group) is 1. The molecule has 0 saturated carbocycles. The lowest BCUT2D eigenvalue weighted by molar-refractivity contribution is -0.146. The number of carboxylic acid groups (broad SMARTS) is 1. The maximum absolute atomic E-state index is 13.1. The van der Waals surface area contributed by atoms with Crippen molar-refractivity contribution in [1.29, 1.82) is 0 Å². The van der Waals surface area contributed by atoms with Gasteiger partial charge in [-0.05, 0) is 24.7 Å². The van der Waals surface area contributed by atoms with Crippen LogP contribution in [0.15, 0.2) is 54.6 Å². The van der Waals surface area contributed by atoms with Crippen LogP contribution < -0.4 is 10.1 Å². The Balaban J connectivity index is 2.27. The maximum atomic E-state index is 13.1. The van der Waals surface area contributed by atoms with E-state index in [0.717, 1.165) is 0 Å². The highest BCUT2D eigenvalue weighted by atomic mass is 19.1. The average Bonchev–Trinajstić information content (AvgIpc) is 2.49. The van der Waals surface area contributed by atoms with E-state index >= 15 is 0 Å². The average molecular weight is 289 g/mol. The van der Waals surface area contributed by atoms with Crippen molar-refractivity contribution in [2.45, 2.75) is 5.54 Å². The molecule has 0 spiro atoms. The number of benzene rings is 2. The van der Waals surface area contributed by atoms with E-state index in [0.29, 0.717) is 5.56 Å². The Bertz CT molecular complexity index is 618. The molecule has 2 N–H and O–H groups in total. The van der Waals surface area contributed by atoms with E-state index in [2.05, 4.69) is 5.32 Å². The topological polar surface area (TPSA) is 58.6 Å². The molecule has 5 heteroatoms. The predicted octanol–water partition coefficient (Wildman–Crippen LogP) is 2.40. The van der Waals surface area contributed by atoms with Crippen molar-refractivity contribution in [2.75, 3.05) is 13.7 Å². The molecule has 0 amide bonds. The highest BCUT2D eigenvalue weighted by Crippen LogP contribution is 2.23. The lowest BCUT2D eigenvalue weighted by Crippen LogP contribution is -2.52. The molecular weight excluding hydrogens is 273 g/mol. The number of aliphatic carboxylic acids is 1. The van der Waals surface area contributed by atoms with Crippen molar-refractivity contribution in [1.82, 2.24) is 5.32 Å². The molecule has 110 valence electrons. The van der Waals surface area contributed by atoms with Crippen LogP contribution in [0.25, 0.3) is 0 Å². The number of hydrogen-bond acceptors (Lipinski definition) is 3. The fraction of sp³-hybridized carbons (Fsp3) is 0.188. The van der Waals surface area contributed by atoms with Crippen LogP contribution in [-0.2, 0) is 10.3 Å². The highest BCUT2D eigenvalue weighted by molar-refractivity contribution is 5.81. The molecular formula is C16H16FNO3. The van der Waals surface area contributed by atoms with E-state index in [1.165, 1.54) is 18.2 Å². The van der Waals surface area contributed by atoms with Gasteiger partial charge in [-0.15, -0.1) is 0 Å². The van der Waals surface area contributed by atoms with E-state index in [9.17, 15) is 14.3 Å². The quantitative estimate of drug-likeness (QED) is 0.857. The minimum absolute atomic E-state index is 0.160. The third kappa shape index (κ3) is 3.20. The molecule has 1 unspecified atom stereocenters. The van der Waals surface area contributed by atoms with Gasteiger partial charge in [0, 0.05) is 6.07 Å². The van der Waals surface area contributed by atoms with E-state index in [-0.39, 0.29) is 12.4 Å². The van der Waals surface area contributed by atoms with Gasteiger partial charge in [0.1, 0.15) is 18.2 Å². The van der Waals surface area contributed by atoms with Crippen LogP contribution in [0.2, 0.25) is 0 Å². The molecule has 2 rings (SSSR count). The van der Waals surface area contributed by atoms with Crippen LogP contribution in [0.3, 0.4) is 0 Å². The Hall–Kier alpha value is -2.40. The summed E-state index contributed by atoms with van der Waals surface area (Å²) in [7, 11) is 1.55. The third-order valence-electron chi connectivity index (χ3n) is 3.31. The molecule has 0 aliphatic rings. The highest BCUT2D eigenvalue weighted by Gasteiger charge is 2.40. The number of rotatable bonds is 6. The zero-order valence-corrected chi connectivity index (χ0v) is 11.5. The number of halogens is 1. The van der Waals surface area contributed by atoms with E-state index in [1.807, 2.05) is 0 Å². The first-order chi connectivity index (χ1) is 10.1. The smallest absolute Gasteiger partial charge is 0.332 e. The minimum Gasteiger partial charge on any atom is -0.491 e. The fourth-order valence-corrected chi connectivity index (χ4v) is 2.06. The summed E-state index contributed by atoms with van der Waals surface area (Å²) in [6.45, 7) is -0.160. The number of hydrogen-bond donors (Lipinski definition) is 2. The van der Waals surface area contributed by atoms with Crippen LogP contribution in [0.1, 0.15) is 5.56 Å². The van der Waals surface area contributed by atoms with Crippen molar-refractivity contribution in [3.63, 3.8) is 0 Å². The van der Waals surface area contributed by atoms with E-state index in [4.69, 9.17) is 4.74 Å². The van der Waals surface area contributed by atoms with Gasteiger partial charge in [0.25, 0.3) is 0 Å². The summed E-state index contributed by atoms with van der Waals surface area (Å²) in [6, 6.07) is 14.3. The number of ether oxygens (including phenoxy) is 1. The van der Waals surface area contributed by atoms with Gasteiger partial charge in [-0.25, -0.2) is 9.18 Å². The summed E-state index contributed by atoms with van der Waals surface area (Å²) in [5.41, 5.74) is -0.829. The van der Waals surface area contributed by atoms with Gasteiger partial charge in [0.2, 0.25) is 0 Å². The molecule has 0 radical (unpaired) electrons. The van der Waals surface area contributed by atoms with Crippen LogP contribution in [-0.4, -0.2) is 24.7 Å². The van der Waals surface area contributed by atoms with Crippen molar-refractivity contribution >= 4 is 5.97 Å². The van der Waals surface area contributed by atoms with Crippen LogP contribution in [0.4, 0.5) is 4.39 Å². The molecule has 21 heavy (non-hydrogen) atoms. The Labute approximate surface area is 122 Å². The van der Waals surface area contributed by atoms with Gasteiger partial charge in [-0.3, -0.25) is 5.32 Å². The van der Waals surface area contributed by atoms with Crippen LogP contribution in [0.5, 0.6) is 5.75 Å².